The van der Waals surface area contributed by atoms with Crippen LogP contribution in [-0.2, 0) is 0 Å². The molecule has 5 nitrogen and oxygen atoms in total. The molecule has 2 atom stereocenters. The van der Waals surface area contributed by atoms with Crippen LogP contribution in [0.2, 0.25) is 0 Å². The van der Waals surface area contributed by atoms with E-state index >= 15 is 0 Å². The minimum atomic E-state index is 0.0720. The summed E-state index contributed by atoms with van der Waals surface area (Å²) in [4.78, 5) is 23.6. The molecule has 1 saturated carbocycles. The van der Waals surface area contributed by atoms with Crippen LogP contribution in [0.5, 0.6) is 5.75 Å². The van der Waals surface area contributed by atoms with E-state index in [-0.39, 0.29) is 11.3 Å². The van der Waals surface area contributed by atoms with Crippen LogP contribution in [0.15, 0.2) is 36.7 Å². The zero-order chi connectivity index (χ0) is 18.1. The van der Waals surface area contributed by atoms with E-state index in [2.05, 4.69) is 9.97 Å². The van der Waals surface area contributed by atoms with Gasteiger partial charge in [0.05, 0.1) is 12.8 Å². The number of carbonyl (C=O) groups excluding carboxylic acids is 1. The van der Waals surface area contributed by atoms with Gasteiger partial charge >= 0.3 is 0 Å². The van der Waals surface area contributed by atoms with Gasteiger partial charge in [-0.2, -0.15) is 0 Å². The lowest BCUT2D eigenvalue weighted by molar-refractivity contribution is 0.0746. The Balaban J connectivity index is 1.50. The third-order valence-corrected chi connectivity index (χ3v) is 5.82. The molecule has 2 aromatic heterocycles. The van der Waals surface area contributed by atoms with Gasteiger partial charge in [0.15, 0.2) is 0 Å². The molecule has 0 unspecified atom stereocenters. The number of rotatable bonds is 4. The molecule has 0 spiro atoms. The number of aryl methyl sites for hydroxylation is 2. The molecule has 1 saturated heterocycles. The van der Waals surface area contributed by atoms with Crippen molar-refractivity contribution in [1.82, 2.24) is 14.9 Å². The lowest BCUT2D eigenvalue weighted by Crippen LogP contribution is -2.35. The Morgan fingerprint density at radius 3 is 2.88 bits per heavy atom. The van der Waals surface area contributed by atoms with Crippen molar-refractivity contribution in [1.29, 1.82) is 0 Å². The number of carbonyl (C=O) groups is 1. The molecule has 4 rings (SSSR count). The summed E-state index contributed by atoms with van der Waals surface area (Å²) in [5.41, 5.74) is 2.60. The smallest absolute Gasteiger partial charge is 0.254 e. The van der Waals surface area contributed by atoms with Gasteiger partial charge in [-0.3, -0.25) is 14.8 Å². The topological polar surface area (TPSA) is 55.3 Å². The van der Waals surface area contributed by atoms with Crippen molar-refractivity contribution < 1.29 is 9.53 Å². The fourth-order valence-electron chi connectivity index (χ4n) is 4.61. The predicted molar refractivity (Wildman–Crippen MR) is 99.1 cm³/mol. The second kappa shape index (κ2) is 6.71. The summed E-state index contributed by atoms with van der Waals surface area (Å²) in [6.45, 7) is 6.13. The Morgan fingerprint density at radius 2 is 2.15 bits per heavy atom. The van der Waals surface area contributed by atoms with Crippen LogP contribution in [0, 0.1) is 25.2 Å². The van der Waals surface area contributed by atoms with Gasteiger partial charge < -0.3 is 9.64 Å². The third kappa shape index (κ3) is 3.18. The maximum atomic E-state index is 13.0. The van der Waals surface area contributed by atoms with E-state index in [1.165, 1.54) is 12.8 Å². The van der Waals surface area contributed by atoms with Crippen LogP contribution in [0.3, 0.4) is 0 Å². The van der Waals surface area contributed by atoms with Crippen molar-refractivity contribution in [3.05, 3.63) is 53.6 Å². The predicted octanol–water partition coefficient (Wildman–Crippen LogP) is 3.41. The first kappa shape index (κ1) is 17.0. The van der Waals surface area contributed by atoms with Crippen molar-refractivity contribution in [2.45, 2.75) is 33.1 Å². The molecule has 2 aromatic rings. The zero-order valence-corrected chi connectivity index (χ0v) is 15.4. The molecule has 1 aliphatic carbocycles. The summed E-state index contributed by atoms with van der Waals surface area (Å²) >= 11 is 0. The SMILES string of the molecule is Cc1cc(C(=O)N2C[C@H]3CCC[C@@]3(COc3cccnc3)C2)cc(C)n1. The van der Waals surface area contributed by atoms with E-state index in [0.717, 1.165) is 42.2 Å². The highest BCUT2D eigenvalue weighted by Gasteiger charge is 2.51. The minimum absolute atomic E-state index is 0.0720. The van der Waals surface area contributed by atoms with Crippen LogP contribution in [0.25, 0.3) is 0 Å². The summed E-state index contributed by atoms with van der Waals surface area (Å²) in [6, 6.07) is 7.61. The molecule has 1 amide bonds. The zero-order valence-electron chi connectivity index (χ0n) is 15.4. The van der Waals surface area contributed by atoms with E-state index in [4.69, 9.17) is 4.74 Å². The monoisotopic (exact) mass is 351 g/mol. The quantitative estimate of drug-likeness (QED) is 0.847. The second-order valence-corrected chi connectivity index (χ2v) is 7.75. The maximum Gasteiger partial charge on any atom is 0.254 e. The summed E-state index contributed by atoms with van der Waals surface area (Å²) in [5, 5.41) is 0. The van der Waals surface area contributed by atoms with Gasteiger partial charge in [-0.05, 0) is 56.9 Å². The Morgan fingerprint density at radius 1 is 1.35 bits per heavy atom. The number of hydrogen-bond acceptors (Lipinski definition) is 4. The molecule has 2 aliphatic rings. The number of pyridine rings is 2. The molecule has 3 heterocycles. The molecule has 0 aromatic carbocycles. The number of hydrogen-bond donors (Lipinski definition) is 0. The highest BCUT2D eigenvalue weighted by Crippen LogP contribution is 2.49. The number of ether oxygens (including phenoxy) is 1. The van der Waals surface area contributed by atoms with Crippen LogP contribution in [0.4, 0.5) is 0 Å². The Kier molecular flexibility index (Phi) is 4.39. The van der Waals surface area contributed by atoms with E-state index in [1.807, 2.05) is 43.0 Å². The Labute approximate surface area is 154 Å². The fraction of sp³-hybridized carbons (Fsp3) is 0.476. The normalized spacial score (nSPS) is 24.5. The molecular formula is C21H25N3O2. The van der Waals surface area contributed by atoms with Crippen LogP contribution in [-0.4, -0.2) is 40.5 Å². The lowest BCUT2D eigenvalue weighted by Gasteiger charge is -2.28. The fourth-order valence-corrected chi connectivity index (χ4v) is 4.61. The number of likely N-dealkylation sites (tertiary alicyclic amines) is 1. The van der Waals surface area contributed by atoms with Gasteiger partial charge in [-0.25, -0.2) is 0 Å². The number of aromatic nitrogens is 2. The van der Waals surface area contributed by atoms with Gasteiger partial charge in [0.2, 0.25) is 0 Å². The lowest BCUT2D eigenvalue weighted by atomic mass is 9.81. The number of amides is 1. The molecule has 136 valence electrons. The summed E-state index contributed by atoms with van der Waals surface area (Å²) in [5.74, 6) is 1.44. The van der Waals surface area contributed by atoms with Gasteiger partial charge in [0.1, 0.15) is 5.75 Å². The van der Waals surface area contributed by atoms with E-state index < -0.39 is 0 Å². The van der Waals surface area contributed by atoms with Gasteiger partial charge in [0.25, 0.3) is 5.91 Å². The molecule has 1 aliphatic heterocycles. The van der Waals surface area contributed by atoms with Crippen molar-refractivity contribution in [3.63, 3.8) is 0 Å². The van der Waals surface area contributed by atoms with Crippen LogP contribution < -0.4 is 4.74 Å². The van der Waals surface area contributed by atoms with E-state index in [9.17, 15) is 4.79 Å². The summed E-state index contributed by atoms with van der Waals surface area (Å²) in [7, 11) is 0. The standard InChI is InChI=1S/C21H25N3O2/c1-15-9-17(10-16(2)23-15)20(25)24-12-18-5-3-7-21(18,13-24)14-26-19-6-4-8-22-11-19/h4,6,8-11,18H,3,5,7,12-14H2,1-2H3/t18-,21+/m1/s1. The van der Waals surface area contributed by atoms with Crippen LogP contribution in [0.1, 0.15) is 41.0 Å². The molecule has 0 bridgehead atoms. The first-order valence-electron chi connectivity index (χ1n) is 9.33. The third-order valence-electron chi connectivity index (χ3n) is 5.82. The van der Waals surface area contributed by atoms with Gasteiger partial charge in [-0.1, -0.05) is 6.42 Å². The molecule has 2 fully saturated rings. The highest BCUT2D eigenvalue weighted by molar-refractivity contribution is 5.94. The molecule has 5 heteroatoms. The summed E-state index contributed by atoms with van der Waals surface area (Å²) < 4.78 is 6.06. The molecule has 26 heavy (non-hydrogen) atoms. The van der Waals surface area contributed by atoms with Gasteiger partial charge in [-0.15, -0.1) is 0 Å². The number of nitrogens with zero attached hydrogens (tertiary/aromatic N) is 3. The van der Waals surface area contributed by atoms with Gasteiger partial charge in [0, 0.05) is 41.7 Å². The molecule has 0 radical (unpaired) electrons. The summed E-state index contributed by atoms with van der Waals surface area (Å²) in [6.07, 6.45) is 7.01. The second-order valence-electron chi connectivity index (χ2n) is 7.75. The van der Waals surface area contributed by atoms with E-state index in [1.54, 1.807) is 12.4 Å². The first-order valence-corrected chi connectivity index (χ1v) is 9.33. The number of fused-ring (bicyclic) bond motifs is 1. The maximum absolute atomic E-state index is 13.0. The largest absolute Gasteiger partial charge is 0.491 e. The minimum Gasteiger partial charge on any atom is -0.491 e. The van der Waals surface area contributed by atoms with Crippen molar-refractivity contribution in [3.8, 4) is 5.75 Å². The van der Waals surface area contributed by atoms with E-state index in [0.29, 0.717) is 12.5 Å². The average molecular weight is 351 g/mol. The van der Waals surface area contributed by atoms with Crippen molar-refractivity contribution >= 4 is 5.91 Å². The van der Waals surface area contributed by atoms with Crippen molar-refractivity contribution in [2.75, 3.05) is 19.7 Å². The molecule has 0 N–H and O–H groups in total. The molecular weight excluding hydrogens is 326 g/mol. The first-order chi connectivity index (χ1) is 12.6. The Bertz CT molecular complexity index is 788. The Hall–Kier alpha value is -2.43. The van der Waals surface area contributed by atoms with Crippen LogP contribution >= 0.6 is 0 Å². The average Bonchev–Trinajstić information content (AvgIpc) is 3.17. The van der Waals surface area contributed by atoms with Crippen molar-refractivity contribution in [2.24, 2.45) is 11.3 Å². The highest BCUT2D eigenvalue weighted by atomic mass is 16.5.